The fraction of sp³-hybridized carbons (Fsp3) is 0.625. The van der Waals surface area contributed by atoms with E-state index in [2.05, 4.69) is 28.8 Å². The van der Waals surface area contributed by atoms with E-state index in [0.717, 1.165) is 32.6 Å². The molecule has 0 bridgehead atoms. The summed E-state index contributed by atoms with van der Waals surface area (Å²) in [5.41, 5.74) is 0.621. The Morgan fingerprint density at radius 2 is 1.82 bits per heavy atom. The Labute approximate surface area is 129 Å². The topological polar surface area (TPSA) is 24.5 Å². The fourth-order valence-electron chi connectivity index (χ4n) is 2.89. The first-order valence-electron chi connectivity index (χ1n) is 7.66. The van der Waals surface area contributed by atoms with E-state index >= 15 is 0 Å². The van der Waals surface area contributed by atoms with Gasteiger partial charge < -0.3 is 10.1 Å². The number of para-hydroxylation sites is 1. The van der Waals surface area contributed by atoms with Gasteiger partial charge in [-0.25, -0.2) is 0 Å². The minimum absolute atomic E-state index is 0.0550. The Balaban J connectivity index is 2.29. The summed E-state index contributed by atoms with van der Waals surface area (Å²) in [6.45, 7) is 7.55. The van der Waals surface area contributed by atoms with Gasteiger partial charge in [-0.2, -0.15) is 0 Å². The highest BCUT2D eigenvalue weighted by atomic mass is 19.4. The Morgan fingerprint density at radius 1 is 1.18 bits per heavy atom. The predicted molar refractivity (Wildman–Crippen MR) is 79.8 cm³/mol. The number of nitrogens with zero attached hydrogens (tertiary/aromatic N) is 1. The Morgan fingerprint density at radius 3 is 2.41 bits per heavy atom. The highest BCUT2D eigenvalue weighted by Crippen LogP contribution is 2.36. The third-order valence-corrected chi connectivity index (χ3v) is 3.79. The average molecular weight is 316 g/mol. The van der Waals surface area contributed by atoms with Crippen molar-refractivity contribution >= 4 is 0 Å². The van der Waals surface area contributed by atoms with E-state index in [0.29, 0.717) is 11.5 Å². The summed E-state index contributed by atoms with van der Waals surface area (Å²) in [5.74, 6) is 0.304. The number of hydrogen-bond acceptors (Lipinski definition) is 3. The third-order valence-electron chi connectivity index (χ3n) is 3.79. The summed E-state index contributed by atoms with van der Waals surface area (Å²) in [7, 11) is 0. The minimum atomic E-state index is -4.66. The molecule has 1 fully saturated rings. The van der Waals surface area contributed by atoms with Crippen LogP contribution < -0.4 is 10.1 Å². The highest BCUT2D eigenvalue weighted by Gasteiger charge is 2.34. The summed E-state index contributed by atoms with van der Waals surface area (Å²) in [5, 5.41) is 3.27. The van der Waals surface area contributed by atoms with Gasteiger partial charge in [0.2, 0.25) is 0 Å². The van der Waals surface area contributed by atoms with E-state index in [4.69, 9.17) is 0 Å². The van der Waals surface area contributed by atoms with Crippen molar-refractivity contribution in [2.45, 2.75) is 32.7 Å². The van der Waals surface area contributed by atoms with Crippen molar-refractivity contribution in [2.24, 2.45) is 5.92 Å². The lowest BCUT2D eigenvalue weighted by molar-refractivity contribution is -0.275. The molecule has 0 radical (unpaired) electrons. The monoisotopic (exact) mass is 316 g/mol. The maximum Gasteiger partial charge on any atom is 0.573 e. The van der Waals surface area contributed by atoms with Gasteiger partial charge in [0.25, 0.3) is 0 Å². The SMILES string of the molecule is CC(C)C[C@H](c1ccccc1OC(F)(F)F)N1CCNCC1. The normalized spacial score (nSPS) is 18.5. The molecule has 3 nitrogen and oxygen atoms in total. The molecular formula is C16H23F3N2O. The molecule has 1 atom stereocenters. The van der Waals surface area contributed by atoms with Crippen LogP contribution >= 0.6 is 0 Å². The van der Waals surface area contributed by atoms with Gasteiger partial charge in [-0.1, -0.05) is 32.0 Å². The summed E-state index contributed by atoms with van der Waals surface area (Å²) in [6, 6.07) is 6.44. The lowest BCUT2D eigenvalue weighted by Crippen LogP contribution is -2.45. The number of alkyl halides is 3. The Hall–Kier alpha value is -1.27. The zero-order valence-electron chi connectivity index (χ0n) is 13.0. The summed E-state index contributed by atoms with van der Waals surface area (Å²) in [4.78, 5) is 2.25. The molecule has 2 rings (SSSR count). The van der Waals surface area contributed by atoms with Crippen LogP contribution in [0.2, 0.25) is 0 Å². The molecule has 0 aromatic heterocycles. The van der Waals surface area contributed by atoms with Crippen LogP contribution in [0.25, 0.3) is 0 Å². The smallest absolute Gasteiger partial charge is 0.405 e. The first-order chi connectivity index (χ1) is 10.4. The van der Waals surface area contributed by atoms with Crippen molar-refractivity contribution in [3.8, 4) is 5.75 Å². The van der Waals surface area contributed by atoms with Crippen LogP contribution in [0.5, 0.6) is 5.75 Å². The third kappa shape index (κ3) is 4.88. The average Bonchev–Trinajstić information content (AvgIpc) is 2.45. The summed E-state index contributed by atoms with van der Waals surface area (Å²) in [6.07, 6.45) is -3.86. The fourth-order valence-corrected chi connectivity index (χ4v) is 2.89. The van der Waals surface area contributed by atoms with Gasteiger partial charge in [-0.05, 0) is 18.4 Å². The maximum atomic E-state index is 12.6. The van der Waals surface area contributed by atoms with E-state index in [-0.39, 0.29) is 11.8 Å². The lowest BCUT2D eigenvalue weighted by Gasteiger charge is -2.36. The largest absolute Gasteiger partial charge is 0.573 e. The molecule has 1 aliphatic rings. The molecule has 1 aromatic rings. The number of benzene rings is 1. The predicted octanol–water partition coefficient (Wildman–Crippen LogP) is 3.58. The van der Waals surface area contributed by atoms with Gasteiger partial charge in [-0.3, -0.25) is 4.90 Å². The molecule has 22 heavy (non-hydrogen) atoms. The van der Waals surface area contributed by atoms with Crippen LogP contribution in [-0.2, 0) is 0 Å². The van der Waals surface area contributed by atoms with Gasteiger partial charge in [-0.15, -0.1) is 13.2 Å². The van der Waals surface area contributed by atoms with Crippen LogP contribution in [0.1, 0.15) is 31.9 Å². The standard InChI is InChI=1S/C16H23F3N2O/c1-12(2)11-14(21-9-7-20-8-10-21)13-5-3-4-6-15(13)22-16(17,18)19/h3-6,12,14,20H,7-11H2,1-2H3/t14-/m1/s1. The molecule has 0 saturated carbocycles. The second-order valence-electron chi connectivity index (χ2n) is 6.02. The van der Waals surface area contributed by atoms with Crippen LogP contribution in [-0.4, -0.2) is 37.4 Å². The first kappa shape index (κ1) is 17.1. The van der Waals surface area contributed by atoms with Crippen LogP contribution in [0.3, 0.4) is 0 Å². The number of nitrogens with one attached hydrogen (secondary N) is 1. The van der Waals surface area contributed by atoms with Gasteiger partial charge in [0, 0.05) is 37.8 Å². The van der Waals surface area contributed by atoms with E-state index in [1.807, 2.05) is 0 Å². The molecule has 1 aromatic carbocycles. The van der Waals surface area contributed by atoms with Gasteiger partial charge in [0.1, 0.15) is 5.75 Å². The van der Waals surface area contributed by atoms with Crippen molar-refractivity contribution in [1.82, 2.24) is 10.2 Å². The Bertz CT molecular complexity index is 471. The molecule has 1 heterocycles. The number of rotatable bonds is 5. The summed E-state index contributed by atoms with van der Waals surface area (Å²) >= 11 is 0. The van der Waals surface area contributed by atoms with E-state index in [9.17, 15) is 13.2 Å². The zero-order chi connectivity index (χ0) is 16.2. The molecule has 0 unspecified atom stereocenters. The van der Waals surface area contributed by atoms with Crippen molar-refractivity contribution in [2.75, 3.05) is 26.2 Å². The molecule has 0 aliphatic carbocycles. The van der Waals surface area contributed by atoms with Gasteiger partial charge in [0.05, 0.1) is 0 Å². The summed E-state index contributed by atoms with van der Waals surface area (Å²) < 4.78 is 42.2. The lowest BCUT2D eigenvalue weighted by atomic mass is 9.94. The van der Waals surface area contributed by atoms with Crippen molar-refractivity contribution in [1.29, 1.82) is 0 Å². The first-order valence-corrected chi connectivity index (χ1v) is 7.66. The van der Waals surface area contributed by atoms with Crippen molar-refractivity contribution in [3.63, 3.8) is 0 Å². The molecule has 1 N–H and O–H groups in total. The molecule has 1 saturated heterocycles. The van der Waals surface area contributed by atoms with E-state index in [1.54, 1.807) is 18.2 Å². The number of halogens is 3. The van der Waals surface area contributed by atoms with E-state index < -0.39 is 6.36 Å². The van der Waals surface area contributed by atoms with Gasteiger partial charge >= 0.3 is 6.36 Å². The van der Waals surface area contributed by atoms with Gasteiger partial charge in [0.15, 0.2) is 0 Å². The van der Waals surface area contributed by atoms with E-state index in [1.165, 1.54) is 6.07 Å². The molecular weight excluding hydrogens is 293 g/mol. The minimum Gasteiger partial charge on any atom is -0.405 e. The number of hydrogen-bond donors (Lipinski definition) is 1. The molecule has 0 spiro atoms. The molecule has 6 heteroatoms. The second kappa shape index (κ2) is 7.33. The quantitative estimate of drug-likeness (QED) is 0.898. The maximum absolute atomic E-state index is 12.6. The van der Waals surface area contributed by atoms with Crippen molar-refractivity contribution in [3.05, 3.63) is 29.8 Å². The van der Waals surface area contributed by atoms with Crippen LogP contribution in [0, 0.1) is 5.92 Å². The Kier molecular flexibility index (Phi) is 5.69. The highest BCUT2D eigenvalue weighted by molar-refractivity contribution is 5.36. The van der Waals surface area contributed by atoms with Crippen molar-refractivity contribution < 1.29 is 17.9 Å². The zero-order valence-corrected chi connectivity index (χ0v) is 13.0. The molecule has 124 valence electrons. The number of ether oxygens (including phenoxy) is 1. The molecule has 1 aliphatic heterocycles. The number of piperazine rings is 1. The van der Waals surface area contributed by atoms with Crippen LogP contribution in [0.15, 0.2) is 24.3 Å². The second-order valence-corrected chi connectivity index (χ2v) is 6.02. The molecule has 0 amide bonds. The van der Waals surface area contributed by atoms with Crippen LogP contribution in [0.4, 0.5) is 13.2 Å².